The quantitative estimate of drug-likeness (QED) is 0.444. The van der Waals surface area contributed by atoms with Crippen molar-refractivity contribution in [2.24, 2.45) is 0 Å². The molecule has 3 rings (SSSR count). The summed E-state index contributed by atoms with van der Waals surface area (Å²) in [5, 5.41) is 15.8. The molecule has 2 unspecified atom stereocenters. The van der Waals surface area contributed by atoms with Crippen LogP contribution in [-0.2, 0) is 19.1 Å². The number of hydrogen-bond acceptors (Lipinski definition) is 8. The van der Waals surface area contributed by atoms with Crippen molar-refractivity contribution in [1.82, 2.24) is 15.2 Å². The number of anilines is 1. The molecule has 1 aromatic heterocycles. The molecule has 12 heteroatoms. The van der Waals surface area contributed by atoms with Crippen LogP contribution < -0.4 is 10.6 Å². The van der Waals surface area contributed by atoms with Crippen LogP contribution in [0.25, 0.3) is 5.57 Å². The number of carbonyl (C=O) groups is 4. The number of aromatic nitrogens is 1. The van der Waals surface area contributed by atoms with Crippen molar-refractivity contribution >= 4 is 57.7 Å². The lowest BCUT2D eigenvalue weighted by atomic mass is 10.0. The minimum absolute atomic E-state index is 0.0668. The standard InChI is InChI=1S/C19H22N4O6S2/c1-5-9(10-8-31-17(20-10)22-18(28)29-19(2,3)4)13(24)21-12-14(25)23-11(16(26)27)6-7-30-15(12)23/h5-6,8,12,15H,7H2,1-4H3,(H,21,24)(H,26,27)(H,20,22,28)/b9-5-. The molecule has 166 valence electrons. The molecule has 3 heterocycles. The highest BCUT2D eigenvalue weighted by Crippen LogP contribution is 2.37. The fourth-order valence-corrected chi connectivity index (χ4v) is 4.89. The van der Waals surface area contributed by atoms with Gasteiger partial charge in [0, 0.05) is 11.1 Å². The first-order valence-electron chi connectivity index (χ1n) is 9.33. The van der Waals surface area contributed by atoms with Gasteiger partial charge in [-0.3, -0.25) is 19.8 Å². The third-order valence-electron chi connectivity index (χ3n) is 4.27. The molecule has 1 fully saturated rings. The second-order valence-corrected chi connectivity index (χ2v) is 9.65. The van der Waals surface area contributed by atoms with E-state index in [0.29, 0.717) is 11.4 Å². The first kappa shape index (κ1) is 22.8. The topological polar surface area (TPSA) is 138 Å². The van der Waals surface area contributed by atoms with E-state index in [1.165, 1.54) is 22.7 Å². The molecule has 0 aliphatic carbocycles. The van der Waals surface area contributed by atoms with Gasteiger partial charge in [0.25, 0.3) is 11.8 Å². The lowest BCUT2D eigenvalue weighted by molar-refractivity contribution is -0.150. The minimum atomic E-state index is -1.18. The zero-order chi connectivity index (χ0) is 22.9. The fraction of sp³-hybridized carbons (Fsp3) is 0.421. The zero-order valence-electron chi connectivity index (χ0n) is 17.3. The molecule has 1 aromatic rings. The summed E-state index contributed by atoms with van der Waals surface area (Å²) in [7, 11) is 0. The normalized spacial score (nSPS) is 20.9. The number of nitrogens with one attached hydrogen (secondary N) is 2. The highest BCUT2D eigenvalue weighted by Gasteiger charge is 2.52. The van der Waals surface area contributed by atoms with Crippen LogP contribution in [0.15, 0.2) is 23.2 Å². The van der Waals surface area contributed by atoms with Crippen LogP contribution >= 0.6 is 23.1 Å². The van der Waals surface area contributed by atoms with E-state index in [-0.39, 0.29) is 16.4 Å². The number of hydrogen-bond donors (Lipinski definition) is 3. The molecule has 0 spiro atoms. The van der Waals surface area contributed by atoms with Gasteiger partial charge in [-0.05, 0) is 33.8 Å². The molecule has 0 aromatic carbocycles. The molecule has 31 heavy (non-hydrogen) atoms. The number of ether oxygens (including phenoxy) is 1. The van der Waals surface area contributed by atoms with Gasteiger partial charge in [-0.25, -0.2) is 14.6 Å². The fourth-order valence-electron chi connectivity index (χ4n) is 3.00. The van der Waals surface area contributed by atoms with Crippen LogP contribution in [0.2, 0.25) is 0 Å². The van der Waals surface area contributed by atoms with Crippen molar-refractivity contribution in [1.29, 1.82) is 0 Å². The lowest BCUT2D eigenvalue weighted by Gasteiger charge is -2.48. The van der Waals surface area contributed by atoms with Crippen LogP contribution in [-0.4, -0.2) is 61.6 Å². The van der Waals surface area contributed by atoms with Gasteiger partial charge in [-0.15, -0.1) is 23.1 Å². The van der Waals surface area contributed by atoms with E-state index in [4.69, 9.17) is 4.74 Å². The Morgan fingerprint density at radius 1 is 1.35 bits per heavy atom. The van der Waals surface area contributed by atoms with Gasteiger partial charge in [0.1, 0.15) is 22.7 Å². The Hall–Kier alpha value is -2.86. The SMILES string of the molecule is C/C=C(\C(=O)NC1C(=O)N2C(C(=O)O)=CCSC12)c1csc(NC(=O)OC(C)(C)C)n1. The second-order valence-electron chi connectivity index (χ2n) is 7.64. The first-order valence-corrected chi connectivity index (χ1v) is 11.3. The Morgan fingerprint density at radius 3 is 2.68 bits per heavy atom. The predicted molar refractivity (Wildman–Crippen MR) is 116 cm³/mol. The predicted octanol–water partition coefficient (Wildman–Crippen LogP) is 2.26. The number of amides is 3. The number of thioether (sulfide) groups is 1. The number of nitrogens with zero attached hydrogens (tertiary/aromatic N) is 2. The third kappa shape index (κ3) is 4.90. The highest BCUT2D eigenvalue weighted by atomic mass is 32.2. The van der Waals surface area contributed by atoms with Crippen molar-refractivity contribution < 1.29 is 29.0 Å². The number of carboxylic acids is 1. The summed E-state index contributed by atoms with van der Waals surface area (Å²) in [6, 6.07) is -0.825. The molecule has 2 atom stereocenters. The van der Waals surface area contributed by atoms with E-state index in [0.717, 1.165) is 11.3 Å². The summed E-state index contributed by atoms with van der Waals surface area (Å²) in [6.45, 7) is 6.88. The first-order chi connectivity index (χ1) is 14.5. The van der Waals surface area contributed by atoms with Gasteiger partial charge in [-0.1, -0.05) is 6.08 Å². The Morgan fingerprint density at radius 2 is 2.06 bits per heavy atom. The van der Waals surface area contributed by atoms with E-state index in [9.17, 15) is 24.3 Å². The Balaban J connectivity index is 1.65. The van der Waals surface area contributed by atoms with Gasteiger partial charge in [0.15, 0.2) is 5.13 Å². The number of allylic oxidation sites excluding steroid dienone is 1. The maximum Gasteiger partial charge on any atom is 0.413 e. The minimum Gasteiger partial charge on any atom is -0.477 e. The number of thiazole rings is 1. The van der Waals surface area contributed by atoms with Crippen LogP contribution in [0.3, 0.4) is 0 Å². The average molecular weight is 467 g/mol. The molecule has 0 radical (unpaired) electrons. The molecule has 2 aliphatic heterocycles. The monoisotopic (exact) mass is 466 g/mol. The summed E-state index contributed by atoms with van der Waals surface area (Å²) in [5.74, 6) is -1.73. The second kappa shape index (κ2) is 8.71. The molecule has 0 saturated carbocycles. The van der Waals surface area contributed by atoms with Gasteiger partial charge < -0.3 is 15.2 Å². The molecule has 1 saturated heterocycles. The van der Waals surface area contributed by atoms with Crippen LogP contribution in [0.1, 0.15) is 33.4 Å². The number of carboxylic acid groups (broad SMARTS) is 1. The summed E-state index contributed by atoms with van der Waals surface area (Å²) in [5.41, 5.74) is -0.159. The smallest absolute Gasteiger partial charge is 0.413 e. The van der Waals surface area contributed by atoms with E-state index < -0.39 is 40.9 Å². The van der Waals surface area contributed by atoms with Crippen molar-refractivity contribution in [2.75, 3.05) is 11.1 Å². The Labute approximate surface area is 186 Å². The summed E-state index contributed by atoms with van der Waals surface area (Å²) < 4.78 is 5.18. The van der Waals surface area contributed by atoms with E-state index in [1.54, 1.807) is 39.2 Å². The summed E-state index contributed by atoms with van der Waals surface area (Å²) in [6.07, 6.45) is 2.38. The summed E-state index contributed by atoms with van der Waals surface area (Å²) >= 11 is 2.50. The number of rotatable bonds is 5. The van der Waals surface area contributed by atoms with Crippen LogP contribution in [0.5, 0.6) is 0 Å². The van der Waals surface area contributed by atoms with Gasteiger partial charge in [0.05, 0.1) is 11.3 Å². The summed E-state index contributed by atoms with van der Waals surface area (Å²) in [4.78, 5) is 53.9. The third-order valence-corrected chi connectivity index (χ3v) is 6.21. The Kier molecular flexibility index (Phi) is 6.41. The molecule has 2 aliphatic rings. The van der Waals surface area contributed by atoms with E-state index >= 15 is 0 Å². The zero-order valence-corrected chi connectivity index (χ0v) is 18.9. The highest BCUT2D eigenvalue weighted by molar-refractivity contribution is 8.00. The van der Waals surface area contributed by atoms with E-state index in [1.807, 2.05) is 0 Å². The van der Waals surface area contributed by atoms with Crippen molar-refractivity contribution in [3.05, 3.63) is 28.9 Å². The number of fused-ring (bicyclic) bond motifs is 1. The Bertz CT molecular complexity index is 994. The van der Waals surface area contributed by atoms with Crippen molar-refractivity contribution in [3.63, 3.8) is 0 Å². The van der Waals surface area contributed by atoms with Crippen LogP contribution in [0.4, 0.5) is 9.93 Å². The molecule has 3 amide bonds. The van der Waals surface area contributed by atoms with Crippen molar-refractivity contribution in [2.45, 2.75) is 44.7 Å². The maximum absolute atomic E-state index is 12.8. The van der Waals surface area contributed by atoms with E-state index in [2.05, 4.69) is 15.6 Å². The van der Waals surface area contributed by atoms with Crippen molar-refractivity contribution in [3.8, 4) is 0 Å². The number of β-lactam (4-membered cyclic amide) rings is 1. The number of aliphatic carboxylic acids is 1. The largest absolute Gasteiger partial charge is 0.477 e. The molecular weight excluding hydrogens is 444 g/mol. The molecular formula is C19H22N4O6S2. The molecule has 3 N–H and O–H groups in total. The maximum atomic E-state index is 12.8. The van der Waals surface area contributed by atoms with Gasteiger partial charge in [-0.2, -0.15) is 0 Å². The molecule has 10 nitrogen and oxygen atoms in total. The lowest BCUT2D eigenvalue weighted by Crippen LogP contribution is -2.70. The van der Waals surface area contributed by atoms with Gasteiger partial charge >= 0.3 is 12.1 Å². The van der Waals surface area contributed by atoms with Crippen LogP contribution in [0, 0.1) is 0 Å². The molecule has 0 bridgehead atoms. The average Bonchev–Trinajstić information content (AvgIpc) is 3.11. The number of carbonyl (C=O) groups excluding carboxylic acids is 3. The van der Waals surface area contributed by atoms with Gasteiger partial charge in [0.2, 0.25) is 0 Å².